The van der Waals surface area contributed by atoms with Gasteiger partial charge in [0, 0.05) is 62.6 Å². The Hall–Kier alpha value is -2.09. The van der Waals surface area contributed by atoms with Crippen molar-refractivity contribution in [3.05, 3.63) is 83.2 Å². The molecular formula is C21H22ClN5S2. The van der Waals surface area contributed by atoms with Crippen LogP contribution in [0.15, 0.2) is 71.5 Å². The van der Waals surface area contributed by atoms with Crippen molar-refractivity contribution in [2.75, 3.05) is 0 Å². The highest BCUT2D eigenvalue weighted by atomic mass is 35.5. The molecule has 4 rings (SSSR count). The molecule has 0 bridgehead atoms. The third-order valence-electron chi connectivity index (χ3n) is 4.63. The van der Waals surface area contributed by atoms with Gasteiger partial charge in [0.25, 0.3) is 0 Å². The van der Waals surface area contributed by atoms with Crippen molar-refractivity contribution in [3.8, 4) is 0 Å². The van der Waals surface area contributed by atoms with Gasteiger partial charge in [-0.1, -0.05) is 65.5 Å². The summed E-state index contributed by atoms with van der Waals surface area (Å²) >= 11 is 10.3. The van der Waals surface area contributed by atoms with Crippen molar-refractivity contribution >= 4 is 35.1 Å². The first kappa shape index (κ1) is 20.2. The molecule has 0 aliphatic rings. The Labute approximate surface area is 184 Å². The highest BCUT2D eigenvalue weighted by molar-refractivity contribution is 7.98. The zero-order chi connectivity index (χ0) is 20.2. The smallest absolute Gasteiger partial charge is 0.168 e. The lowest BCUT2D eigenvalue weighted by molar-refractivity contribution is 0.765. The minimum atomic E-state index is 0.753. The molecule has 3 heterocycles. The fraction of sp³-hybridized carbons (Fsp3) is 0.238. The normalized spacial score (nSPS) is 11.3. The van der Waals surface area contributed by atoms with Crippen LogP contribution in [0.25, 0.3) is 0 Å². The predicted molar refractivity (Wildman–Crippen MR) is 121 cm³/mol. The second-order valence-corrected chi connectivity index (χ2v) is 8.99. The van der Waals surface area contributed by atoms with Gasteiger partial charge >= 0.3 is 0 Å². The van der Waals surface area contributed by atoms with Crippen LogP contribution in [-0.2, 0) is 32.1 Å². The molecule has 8 heteroatoms. The molecule has 0 fully saturated rings. The molecule has 3 aromatic heterocycles. The topological polar surface area (TPSA) is 40.6 Å². The zero-order valence-corrected chi connectivity index (χ0v) is 18.7. The van der Waals surface area contributed by atoms with Gasteiger partial charge in [0.05, 0.1) is 0 Å². The molecule has 5 nitrogen and oxygen atoms in total. The lowest BCUT2D eigenvalue weighted by Crippen LogP contribution is -2.04. The van der Waals surface area contributed by atoms with Crippen LogP contribution in [0.3, 0.4) is 0 Å². The van der Waals surface area contributed by atoms with Gasteiger partial charge in [-0.05, 0) is 17.2 Å². The van der Waals surface area contributed by atoms with Crippen LogP contribution in [0.2, 0.25) is 5.15 Å². The van der Waals surface area contributed by atoms with E-state index in [2.05, 4.69) is 44.9 Å². The van der Waals surface area contributed by atoms with Crippen LogP contribution in [0.1, 0.15) is 16.8 Å². The summed E-state index contributed by atoms with van der Waals surface area (Å²) in [6.07, 6.45) is 7.57. The maximum atomic E-state index is 6.84. The molecule has 4 aromatic rings. The van der Waals surface area contributed by atoms with Crippen molar-refractivity contribution in [2.45, 2.75) is 28.4 Å². The number of nitrogens with zero attached hydrogens (tertiary/aromatic N) is 5. The Morgan fingerprint density at radius 2 is 1.52 bits per heavy atom. The Morgan fingerprint density at radius 3 is 2.10 bits per heavy atom. The average Bonchev–Trinajstić information content (AvgIpc) is 3.41. The van der Waals surface area contributed by atoms with E-state index >= 15 is 0 Å². The van der Waals surface area contributed by atoms with Gasteiger partial charge in [0.15, 0.2) is 10.3 Å². The molecule has 150 valence electrons. The first-order valence-corrected chi connectivity index (χ1v) is 11.6. The number of aryl methyl sites for hydroxylation is 2. The van der Waals surface area contributed by atoms with Gasteiger partial charge in [-0.3, -0.25) is 0 Å². The minimum Gasteiger partial charge on any atom is -0.330 e. The zero-order valence-electron chi connectivity index (χ0n) is 16.3. The summed E-state index contributed by atoms with van der Waals surface area (Å²) in [5.41, 5.74) is 3.56. The predicted octanol–water partition coefficient (Wildman–Crippen LogP) is 5.24. The molecule has 0 spiro atoms. The first-order valence-electron chi connectivity index (χ1n) is 9.23. The molecule has 0 N–H and O–H groups in total. The summed E-state index contributed by atoms with van der Waals surface area (Å²) in [6.45, 7) is 0.753. The summed E-state index contributed by atoms with van der Waals surface area (Å²) in [6, 6.07) is 12.6. The maximum Gasteiger partial charge on any atom is 0.168 e. The molecular weight excluding hydrogens is 422 g/mol. The molecule has 1 aromatic carbocycles. The number of hydrogen-bond acceptors (Lipinski definition) is 4. The third-order valence-corrected chi connectivity index (χ3v) is 7.28. The molecule has 0 atom stereocenters. The number of rotatable bonds is 8. The number of thioether (sulfide) groups is 2. The van der Waals surface area contributed by atoms with Crippen LogP contribution in [0.5, 0.6) is 0 Å². The number of halogens is 1. The summed E-state index contributed by atoms with van der Waals surface area (Å²) in [5, 5.41) is 2.78. The number of aromatic nitrogens is 5. The van der Waals surface area contributed by atoms with E-state index < -0.39 is 0 Å². The number of imidazole rings is 2. The standard InChI is InChI=1S/C21H22ClN5S2/c1-25-10-8-23-20(25)28-14-17-12-18(15-29-21-24-9-11-26(21)2)27(19(17)22)13-16-6-4-3-5-7-16/h3-12H,13-15H2,1-2H3. The van der Waals surface area contributed by atoms with Crippen molar-refractivity contribution < 1.29 is 0 Å². The van der Waals surface area contributed by atoms with Gasteiger partial charge < -0.3 is 13.7 Å². The Bertz CT molecular complexity index is 1080. The Balaban J connectivity index is 1.58. The number of hydrogen-bond donors (Lipinski definition) is 0. The van der Waals surface area contributed by atoms with Crippen molar-refractivity contribution in [2.24, 2.45) is 14.1 Å². The molecule has 0 radical (unpaired) electrons. The molecule has 0 saturated heterocycles. The molecule has 0 saturated carbocycles. The van der Waals surface area contributed by atoms with Crippen LogP contribution in [-0.4, -0.2) is 23.7 Å². The SMILES string of the molecule is Cn1ccnc1SCc1cc(CSc2nccn2C)n(Cc2ccccc2)c1Cl. The average molecular weight is 444 g/mol. The van der Waals surface area contributed by atoms with E-state index in [-0.39, 0.29) is 0 Å². The van der Waals surface area contributed by atoms with E-state index in [0.717, 1.165) is 39.1 Å². The molecule has 0 aliphatic carbocycles. The summed E-state index contributed by atoms with van der Waals surface area (Å²) in [5.74, 6) is 1.59. The first-order chi connectivity index (χ1) is 14.1. The fourth-order valence-electron chi connectivity index (χ4n) is 3.06. The van der Waals surface area contributed by atoms with Crippen LogP contribution in [0, 0.1) is 0 Å². The second kappa shape index (κ2) is 9.15. The summed E-state index contributed by atoms with van der Waals surface area (Å²) in [7, 11) is 4.02. The van der Waals surface area contributed by atoms with E-state index in [4.69, 9.17) is 11.6 Å². The van der Waals surface area contributed by atoms with Crippen LogP contribution < -0.4 is 0 Å². The van der Waals surface area contributed by atoms with E-state index in [1.807, 2.05) is 54.1 Å². The van der Waals surface area contributed by atoms with Crippen molar-refractivity contribution in [1.29, 1.82) is 0 Å². The quantitative estimate of drug-likeness (QED) is 0.349. The lowest BCUT2D eigenvalue weighted by atomic mass is 10.2. The molecule has 0 amide bonds. The van der Waals surface area contributed by atoms with Gasteiger partial charge in [-0.2, -0.15) is 0 Å². The highest BCUT2D eigenvalue weighted by Crippen LogP contribution is 2.32. The lowest BCUT2D eigenvalue weighted by Gasteiger charge is -2.11. The Morgan fingerprint density at radius 1 is 0.897 bits per heavy atom. The molecule has 29 heavy (non-hydrogen) atoms. The molecule has 0 aliphatic heterocycles. The third kappa shape index (κ3) is 4.74. The van der Waals surface area contributed by atoms with Gasteiger partial charge in [-0.25, -0.2) is 9.97 Å². The summed E-state index contributed by atoms with van der Waals surface area (Å²) < 4.78 is 6.27. The number of benzene rings is 1. The van der Waals surface area contributed by atoms with Gasteiger partial charge in [0.1, 0.15) is 5.15 Å². The largest absolute Gasteiger partial charge is 0.330 e. The van der Waals surface area contributed by atoms with Gasteiger partial charge in [0.2, 0.25) is 0 Å². The van der Waals surface area contributed by atoms with E-state index in [0.29, 0.717) is 0 Å². The van der Waals surface area contributed by atoms with E-state index in [1.165, 1.54) is 11.3 Å². The second-order valence-electron chi connectivity index (χ2n) is 6.74. The fourth-order valence-corrected chi connectivity index (χ4v) is 5.25. The highest BCUT2D eigenvalue weighted by Gasteiger charge is 2.16. The van der Waals surface area contributed by atoms with Crippen LogP contribution in [0.4, 0.5) is 0 Å². The minimum absolute atomic E-state index is 0.753. The van der Waals surface area contributed by atoms with Crippen LogP contribution >= 0.6 is 35.1 Å². The Kier molecular flexibility index (Phi) is 6.37. The van der Waals surface area contributed by atoms with E-state index in [1.54, 1.807) is 23.5 Å². The maximum absolute atomic E-state index is 6.84. The van der Waals surface area contributed by atoms with E-state index in [9.17, 15) is 0 Å². The van der Waals surface area contributed by atoms with Crippen molar-refractivity contribution in [3.63, 3.8) is 0 Å². The summed E-state index contributed by atoms with van der Waals surface area (Å²) in [4.78, 5) is 8.82. The van der Waals surface area contributed by atoms with Gasteiger partial charge in [-0.15, -0.1) is 0 Å². The van der Waals surface area contributed by atoms with Crippen molar-refractivity contribution in [1.82, 2.24) is 23.7 Å². The monoisotopic (exact) mass is 443 g/mol. The molecule has 0 unspecified atom stereocenters.